The second-order valence-electron chi connectivity index (χ2n) is 4.55. The number of hydrogen-bond acceptors (Lipinski definition) is 5. The SMILES string of the molecule is CC[C@H]1O[C@@H](n2c(=S)[nH]c3c(N)ncnc32)CC1I. The molecule has 6 nitrogen and oxygen atoms in total. The molecule has 0 spiro atoms. The second-order valence-corrected chi connectivity index (χ2v) is 6.53. The van der Waals surface area contributed by atoms with Gasteiger partial charge in [0.25, 0.3) is 0 Å². The molecule has 8 heteroatoms. The molecular formula is C11H14IN5OS. The van der Waals surface area contributed by atoms with Gasteiger partial charge < -0.3 is 15.5 Å². The highest BCUT2D eigenvalue weighted by molar-refractivity contribution is 14.1. The van der Waals surface area contributed by atoms with Crippen molar-refractivity contribution in [3.05, 3.63) is 11.1 Å². The fraction of sp³-hybridized carbons (Fsp3) is 0.545. The molecule has 3 rings (SSSR count). The largest absolute Gasteiger partial charge is 0.382 e. The number of ether oxygens (including phenoxy) is 1. The number of aromatic amines is 1. The van der Waals surface area contributed by atoms with Crippen LogP contribution in [0.1, 0.15) is 26.0 Å². The lowest BCUT2D eigenvalue weighted by molar-refractivity contribution is 0.00340. The normalized spacial score (nSPS) is 27.2. The zero-order chi connectivity index (χ0) is 13.6. The number of aromatic nitrogens is 4. The zero-order valence-corrected chi connectivity index (χ0v) is 13.3. The minimum absolute atomic E-state index is 0.0811. The molecule has 0 aliphatic carbocycles. The van der Waals surface area contributed by atoms with Crippen molar-refractivity contribution in [2.75, 3.05) is 5.73 Å². The summed E-state index contributed by atoms with van der Waals surface area (Å²) in [5.41, 5.74) is 7.23. The molecule has 1 fully saturated rings. The molecular weight excluding hydrogens is 377 g/mol. The van der Waals surface area contributed by atoms with Crippen LogP contribution in [0.15, 0.2) is 6.33 Å². The molecule has 0 saturated carbocycles. The van der Waals surface area contributed by atoms with Crippen LogP contribution in [0.4, 0.5) is 5.82 Å². The van der Waals surface area contributed by atoms with E-state index in [1.807, 2.05) is 4.57 Å². The quantitative estimate of drug-likeness (QED) is 0.467. The van der Waals surface area contributed by atoms with E-state index in [-0.39, 0.29) is 12.3 Å². The summed E-state index contributed by atoms with van der Waals surface area (Å²) in [5, 5.41) is 0. The topological polar surface area (TPSA) is 81.8 Å². The molecule has 0 amide bonds. The fourth-order valence-corrected chi connectivity index (χ4v) is 3.85. The molecule has 3 N–H and O–H groups in total. The number of nitrogens with zero attached hydrogens (tertiary/aromatic N) is 3. The van der Waals surface area contributed by atoms with E-state index in [1.165, 1.54) is 6.33 Å². The first kappa shape index (κ1) is 13.3. The van der Waals surface area contributed by atoms with Gasteiger partial charge in [0.2, 0.25) is 0 Å². The van der Waals surface area contributed by atoms with Crippen LogP contribution < -0.4 is 5.73 Å². The summed E-state index contributed by atoms with van der Waals surface area (Å²) in [6.07, 6.45) is 3.55. The number of rotatable bonds is 2. The number of anilines is 1. The molecule has 102 valence electrons. The molecule has 3 atom stereocenters. The Kier molecular flexibility index (Phi) is 3.48. The van der Waals surface area contributed by atoms with Crippen molar-refractivity contribution in [2.45, 2.75) is 36.0 Å². The van der Waals surface area contributed by atoms with Gasteiger partial charge in [-0.25, -0.2) is 9.97 Å². The molecule has 1 saturated heterocycles. The Morgan fingerprint density at radius 1 is 1.63 bits per heavy atom. The van der Waals surface area contributed by atoms with Gasteiger partial charge in [0.15, 0.2) is 16.2 Å². The van der Waals surface area contributed by atoms with E-state index in [9.17, 15) is 0 Å². The summed E-state index contributed by atoms with van der Waals surface area (Å²) in [4.78, 5) is 11.3. The van der Waals surface area contributed by atoms with Crippen molar-refractivity contribution < 1.29 is 4.74 Å². The third-order valence-electron chi connectivity index (χ3n) is 3.39. The predicted molar refractivity (Wildman–Crippen MR) is 83.8 cm³/mol. The van der Waals surface area contributed by atoms with Crippen molar-refractivity contribution in [3.8, 4) is 0 Å². The Morgan fingerprint density at radius 3 is 3.11 bits per heavy atom. The first-order chi connectivity index (χ1) is 9.11. The number of nitrogens with two attached hydrogens (primary N) is 1. The van der Waals surface area contributed by atoms with E-state index >= 15 is 0 Å². The number of H-pyrrole nitrogens is 1. The Labute approximate surface area is 128 Å². The van der Waals surface area contributed by atoms with Gasteiger partial charge in [0.05, 0.1) is 6.10 Å². The molecule has 19 heavy (non-hydrogen) atoms. The maximum Gasteiger partial charge on any atom is 0.181 e. The summed E-state index contributed by atoms with van der Waals surface area (Å²) in [6.45, 7) is 2.13. The van der Waals surface area contributed by atoms with Gasteiger partial charge in [0.1, 0.15) is 18.1 Å². The number of hydrogen-bond donors (Lipinski definition) is 2. The summed E-state index contributed by atoms with van der Waals surface area (Å²) < 4.78 is 9.03. The Hall–Kier alpha value is -0.740. The molecule has 0 aromatic carbocycles. The minimum atomic E-state index is -0.0811. The summed E-state index contributed by atoms with van der Waals surface area (Å²) >= 11 is 7.80. The Balaban J connectivity index is 2.09. The summed E-state index contributed by atoms with van der Waals surface area (Å²) in [7, 11) is 0. The number of nitrogen functional groups attached to an aromatic ring is 1. The average molecular weight is 391 g/mol. The van der Waals surface area contributed by atoms with Gasteiger partial charge in [-0.3, -0.25) is 4.57 Å². The molecule has 3 heterocycles. The standard InChI is InChI=1S/C11H14IN5OS/c1-2-6-5(12)3-7(18-6)17-10-8(16-11(17)19)9(13)14-4-15-10/h4-7H,2-3H2,1H3,(H,16,19)(H2,13,14,15)/t5?,6-,7-/m1/s1. The van der Waals surface area contributed by atoms with E-state index in [1.54, 1.807) is 0 Å². The minimum Gasteiger partial charge on any atom is -0.382 e. The Bertz CT molecular complexity index is 669. The second kappa shape index (κ2) is 4.98. The van der Waals surface area contributed by atoms with Crippen LogP contribution in [0.3, 0.4) is 0 Å². The van der Waals surface area contributed by atoms with E-state index < -0.39 is 0 Å². The highest BCUT2D eigenvalue weighted by Gasteiger charge is 2.34. The number of fused-ring (bicyclic) bond motifs is 1. The van der Waals surface area contributed by atoms with Gasteiger partial charge >= 0.3 is 0 Å². The smallest absolute Gasteiger partial charge is 0.181 e. The van der Waals surface area contributed by atoms with Crippen LogP contribution in [0, 0.1) is 4.77 Å². The van der Waals surface area contributed by atoms with Crippen molar-refractivity contribution in [1.82, 2.24) is 19.5 Å². The lowest BCUT2D eigenvalue weighted by Crippen LogP contribution is -2.14. The first-order valence-electron chi connectivity index (χ1n) is 6.12. The maximum absolute atomic E-state index is 6.06. The van der Waals surface area contributed by atoms with E-state index in [4.69, 9.17) is 22.7 Å². The van der Waals surface area contributed by atoms with Crippen LogP contribution >= 0.6 is 34.8 Å². The number of imidazole rings is 1. The van der Waals surface area contributed by atoms with Gasteiger partial charge in [0, 0.05) is 10.3 Å². The molecule has 2 aromatic rings. The van der Waals surface area contributed by atoms with E-state index in [0.29, 0.717) is 25.7 Å². The average Bonchev–Trinajstić information content (AvgIpc) is 2.90. The van der Waals surface area contributed by atoms with Gasteiger partial charge in [-0.2, -0.15) is 0 Å². The molecule has 1 unspecified atom stereocenters. The highest BCUT2D eigenvalue weighted by atomic mass is 127. The van der Waals surface area contributed by atoms with Crippen molar-refractivity contribution in [2.24, 2.45) is 0 Å². The lowest BCUT2D eigenvalue weighted by Gasteiger charge is -2.14. The molecule has 1 aliphatic heterocycles. The van der Waals surface area contributed by atoms with Crippen molar-refractivity contribution >= 4 is 51.8 Å². The number of nitrogens with one attached hydrogen (secondary N) is 1. The van der Waals surface area contributed by atoms with Gasteiger partial charge in [-0.05, 0) is 18.6 Å². The molecule has 0 radical (unpaired) electrons. The van der Waals surface area contributed by atoms with Crippen molar-refractivity contribution in [1.29, 1.82) is 0 Å². The molecule has 2 aromatic heterocycles. The first-order valence-corrected chi connectivity index (χ1v) is 7.77. The molecule has 1 aliphatic rings. The zero-order valence-electron chi connectivity index (χ0n) is 10.3. The number of alkyl halides is 1. The lowest BCUT2D eigenvalue weighted by atomic mass is 10.2. The van der Waals surface area contributed by atoms with Gasteiger partial charge in [-0.1, -0.05) is 29.5 Å². The summed E-state index contributed by atoms with van der Waals surface area (Å²) in [6, 6.07) is 0. The van der Waals surface area contributed by atoms with E-state index in [0.717, 1.165) is 12.8 Å². The van der Waals surface area contributed by atoms with Crippen molar-refractivity contribution in [3.63, 3.8) is 0 Å². The number of halogens is 1. The third-order valence-corrected chi connectivity index (χ3v) is 5.00. The third kappa shape index (κ3) is 2.15. The maximum atomic E-state index is 6.06. The Morgan fingerprint density at radius 2 is 2.42 bits per heavy atom. The fourth-order valence-electron chi connectivity index (χ4n) is 2.43. The van der Waals surface area contributed by atoms with Crippen LogP contribution in [0.2, 0.25) is 0 Å². The summed E-state index contributed by atoms with van der Waals surface area (Å²) in [5.74, 6) is 0.408. The molecule has 0 bridgehead atoms. The monoisotopic (exact) mass is 391 g/mol. The van der Waals surface area contributed by atoms with Crippen LogP contribution in [-0.2, 0) is 4.74 Å². The van der Waals surface area contributed by atoms with E-state index in [2.05, 4.69) is 44.5 Å². The van der Waals surface area contributed by atoms with Crippen LogP contribution in [0.5, 0.6) is 0 Å². The van der Waals surface area contributed by atoms with Gasteiger partial charge in [-0.15, -0.1) is 0 Å². The van der Waals surface area contributed by atoms with Crippen LogP contribution in [0.25, 0.3) is 11.2 Å². The predicted octanol–water partition coefficient (Wildman–Crippen LogP) is 2.57. The van der Waals surface area contributed by atoms with Crippen LogP contribution in [-0.4, -0.2) is 29.5 Å². The highest BCUT2D eigenvalue weighted by Crippen LogP contribution is 2.36.